The Kier molecular flexibility index (Phi) is 3.89. The van der Waals surface area contributed by atoms with Crippen molar-refractivity contribution >= 4 is 11.8 Å². The number of rotatable bonds is 3. The molecule has 1 rings (SSSR count). The van der Waals surface area contributed by atoms with Gasteiger partial charge in [-0.25, -0.2) is 0 Å². The zero-order valence-electron chi connectivity index (χ0n) is 7.66. The van der Waals surface area contributed by atoms with E-state index in [0.29, 0.717) is 25.2 Å². The van der Waals surface area contributed by atoms with Gasteiger partial charge in [-0.15, -0.1) is 0 Å². The molecule has 0 saturated carbocycles. The van der Waals surface area contributed by atoms with Crippen molar-refractivity contribution in [2.75, 3.05) is 19.6 Å². The van der Waals surface area contributed by atoms with Crippen molar-refractivity contribution in [3.05, 3.63) is 0 Å². The van der Waals surface area contributed by atoms with Crippen molar-refractivity contribution < 1.29 is 14.7 Å². The summed E-state index contributed by atoms with van der Waals surface area (Å²) in [5.41, 5.74) is 0. The minimum atomic E-state index is -0.768. The van der Waals surface area contributed by atoms with Crippen LogP contribution in [0.5, 0.6) is 0 Å². The number of carboxylic acids is 1. The maximum atomic E-state index is 11.0. The number of aliphatic carboxylic acids is 1. The van der Waals surface area contributed by atoms with Crippen molar-refractivity contribution in [1.82, 2.24) is 4.90 Å². The monoisotopic (exact) mass is 185 g/mol. The average Bonchev–Trinajstić information content (AvgIpc) is 2.27. The Balaban J connectivity index is 2.25. The summed E-state index contributed by atoms with van der Waals surface area (Å²) in [4.78, 5) is 23.4. The van der Waals surface area contributed by atoms with Gasteiger partial charge >= 0.3 is 5.97 Å². The second kappa shape index (κ2) is 4.97. The highest BCUT2D eigenvalue weighted by Crippen LogP contribution is 2.06. The predicted octanol–water partition coefficient (Wildman–Crippen LogP) is 0.516. The molecule has 1 saturated heterocycles. The summed E-state index contributed by atoms with van der Waals surface area (Å²) in [6.45, 7) is 2.16. The SMILES string of the molecule is O=C(O)CCN1CCCC(=O)CC1. The average molecular weight is 185 g/mol. The first kappa shape index (κ1) is 10.2. The quantitative estimate of drug-likeness (QED) is 0.696. The zero-order valence-corrected chi connectivity index (χ0v) is 7.66. The third-order valence-electron chi connectivity index (χ3n) is 2.28. The Morgan fingerprint density at radius 1 is 1.38 bits per heavy atom. The van der Waals surface area contributed by atoms with Crippen LogP contribution in [0.3, 0.4) is 0 Å². The molecule has 0 aliphatic carbocycles. The Bertz CT molecular complexity index is 203. The lowest BCUT2D eigenvalue weighted by molar-refractivity contribution is -0.137. The first-order chi connectivity index (χ1) is 6.18. The van der Waals surface area contributed by atoms with Crippen LogP contribution in [0.4, 0.5) is 0 Å². The first-order valence-electron chi connectivity index (χ1n) is 4.64. The van der Waals surface area contributed by atoms with Gasteiger partial charge in [-0.2, -0.15) is 0 Å². The molecule has 0 aromatic carbocycles. The highest BCUT2D eigenvalue weighted by atomic mass is 16.4. The second-order valence-electron chi connectivity index (χ2n) is 3.38. The van der Waals surface area contributed by atoms with Crippen LogP contribution in [0.25, 0.3) is 0 Å². The normalized spacial score (nSPS) is 19.8. The van der Waals surface area contributed by atoms with Crippen molar-refractivity contribution in [2.45, 2.75) is 25.7 Å². The van der Waals surface area contributed by atoms with Gasteiger partial charge < -0.3 is 10.0 Å². The van der Waals surface area contributed by atoms with E-state index in [1.165, 1.54) is 0 Å². The van der Waals surface area contributed by atoms with E-state index in [9.17, 15) is 9.59 Å². The number of carbonyl (C=O) groups is 2. The maximum Gasteiger partial charge on any atom is 0.304 e. The molecule has 0 radical (unpaired) electrons. The molecule has 0 amide bonds. The van der Waals surface area contributed by atoms with Crippen molar-refractivity contribution in [2.24, 2.45) is 0 Å². The summed E-state index contributed by atoms with van der Waals surface area (Å²) < 4.78 is 0. The van der Waals surface area contributed by atoms with Gasteiger partial charge in [-0.3, -0.25) is 9.59 Å². The van der Waals surface area contributed by atoms with Crippen molar-refractivity contribution in [3.8, 4) is 0 Å². The number of hydrogen-bond acceptors (Lipinski definition) is 3. The van der Waals surface area contributed by atoms with Gasteiger partial charge in [-0.1, -0.05) is 0 Å². The fourth-order valence-corrected chi connectivity index (χ4v) is 1.50. The predicted molar refractivity (Wildman–Crippen MR) is 47.6 cm³/mol. The highest BCUT2D eigenvalue weighted by molar-refractivity contribution is 5.78. The number of hydrogen-bond donors (Lipinski definition) is 1. The molecule has 13 heavy (non-hydrogen) atoms. The van der Waals surface area contributed by atoms with Crippen LogP contribution in [0.15, 0.2) is 0 Å². The number of carbonyl (C=O) groups excluding carboxylic acids is 1. The molecule has 0 aromatic rings. The van der Waals surface area contributed by atoms with Crippen LogP contribution in [0.2, 0.25) is 0 Å². The molecule has 74 valence electrons. The van der Waals surface area contributed by atoms with E-state index < -0.39 is 5.97 Å². The summed E-state index contributed by atoms with van der Waals surface area (Å²) >= 11 is 0. The van der Waals surface area contributed by atoms with Gasteiger partial charge in [0.25, 0.3) is 0 Å². The Labute approximate surface area is 77.5 Å². The molecule has 0 atom stereocenters. The van der Waals surface area contributed by atoms with Crippen molar-refractivity contribution in [3.63, 3.8) is 0 Å². The van der Waals surface area contributed by atoms with Crippen LogP contribution in [-0.4, -0.2) is 41.4 Å². The Morgan fingerprint density at radius 2 is 2.15 bits per heavy atom. The molecule has 4 heteroatoms. The van der Waals surface area contributed by atoms with Crippen LogP contribution in [-0.2, 0) is 9.59 Å². The molecule has 1 aliphatic heterocycles. The molecule has 0 spiro atoms. The number of likely N-dealkylation sites (tertiary alicyclic amines) is 1. The topological polar surface area (TPSA) is 57.6 Å². The summed E-state index contributed by atoms with van der Waals surface area (Å²) in [5.74, 6) is -0.464. The minimum Gasteiger partial charge on any atom is -0.481 e. The number of ketones is 1. The minimum absolute atomic E-state index is 0.175. The lowest BCUT2D eigenvalue weighted by Gasteiger charge is -2.17. The second-order valence-corrected chi connectivity index (χ2v) is 3.38. The van der Waals surface area contributed by atoms with Crippen LogP contribution in [0.1, 0.15) is 25.7 Å². The summed E-state index contributed by atoms with van der Waals surface area (Å²) in [6.07, 6.45) is 2.29. The maximum absolute atomic E-state index is 11.0. The molecule has 1 fully saturated rings. The van der Waals surface area contributed by atoms with E-state index in [-0.39, 0.29) is 6.42 Å². The molecular formula is C9H15NO3. The lowest BCUT2D eigenvalue weighted by atomic mass is 10.2. The summed E-state index contributed by atoms with van der Waals surface area (Å²) in [5, 5.41) is 8.47. The highest BCUT2D eigenvalue weighted by Gasteiger charge is 2.14. The van der Waals surface area contributed by atoms with E-state index in [4.69, 9.17) is 5.11 Å². The van der Waals surface area contributed by atoms with Gasteiger partial charge in [-0.05, 0) is 13.0 Å². The molecule has 0 bridgehead atoms. The van der Waals surface area contributed by atoms with Gasteiger partial charge in [0.15, 0.2) is 0 Å². The molecule has 1 aliphatic rings. The Hall–Kier alpha value is -0.900. The smallest absolute Gasteiger partial charge is 0.304 e. The van der Waals surface area contributed by atoms with Crippen LogP contribution in [0, 0.1) is 0 Å². The van der Waals surface area contributed by atoms with E-state index in [2.05, 4.69) is 4.90 Å². The fraction of sp³-hybridized carbons (Fsp3) is 0.778. The van der Waals surface area contributed by atoms with Crippen LogP contribution < -0.4 is 0 Å². The van der Waals surface area contributed by atoms with E-state index >= 15 is 0 Å². The van der Waals surface area contributed by atoms with Crippen LogP contribution >= 0.6 is 0 Å². The van der Waals surface area contributed by atoms with E-state index in [1.807, 2.05) is 0 Å². The first-order valence-corrected chi connectivity index (χ1v) is 4.64. The van der Waals surface area contributed by atoms with E-state index in [0.717, 1.165) is 19.5 Å². The molecule has 1 N–H and O–H groups in total. The Morgan fingerprint density at radius 3 is 2.85 bits per heavy atom. The third-order valence-corrected chi connectivity index (χ3v) is 2.28. The van der Waals surface area contributed by atoms with E-state index in [1.54, 1.807) is 0 Å². The van der Waals surface area contributed by atoms with Gasteiger partial charge in [0.1, 0.15) is 5.78 Å². The van der Waals surface area contributed by atoms with Gasteiger partial charge in [0.2, 0.25) is 0 Å². The molecule has 0 aromatic heterocycles. The summed E-state index contributed by atoms with van der Waals surface area (Å²) in [7, 11) is 0. The number of Topliss-reactive ketones (excluding diaryl/α,β-unsaturated/α-hetero) is 1. The lowest BCUT2D eigenvalue weighted by Crippen LogP contribution is -2.27. The molecule has 4 nitrogen and oxygen atoms in total. The molecule has 0 unspecified atom stereocenters. The number of carboxylic acid groups (broad SMARTS) is 1. The zero-order chi connectivity index (χ0) is 9.68. The largest absolute Gasteiger partial charge is 0.481 e. The summed E-state index contributed by atoms with van der Waals surface area (Å²) in [6, 6.07) is 0. The standard InChI is InChI=1S/C9H15NO3/c11-8-2-1-5-10(6-3-8)7-4-9(12)13/h1-7H2,(H,12,13). The van der Waals surface area contributed by atoms with Crippen molar-refractivity contribution in [1.29, 1.82) is 0 Å². The fourth-order valence-electron chi connectivity index (χ4n) is 1.50. The molecular weight excluding hydrogens is 170 g/mol. The third kappa shape index (κ3) is 4.03. The number of nitrogens with zero attached hydrogens (tertiary/aromatic N) is 1. The van der Waals surface area contributed by atoms with Gasteiger partial charge in [0.05, 0.1) is 6.42 Å². The molecule has 1 heterocycles. The van der Waals surface area contributed by atoms with Gasteiger partial charge in [0, 0.05) is 25.9 Å².